The van der Waals surface area contributed by atoms with E-state index in [2.05, 4.69) is 25.9 Å². The number of piperazine rings is 1. The van der Waals surface area contributed by atoms with Crippen LogP contribution in [-0.2, 0) is 4.74 Å². The molecule has 34 heavy (non-hydrogen) atoms. The number of amides is 1. The Bertz CT molecular complexity index is 1250. The smallest absolute Gasteiger partial charge is 0.410 e. The SMILES string of the molecule is CC1CN(c2ncnc3c2c(N(C)C)cn3-c2cc(C#N)ccn2)CCN1C(=O)OC(C)(C)C. The Morgan fingerprint density at radius 3 is 2.65 bits per heavy atom. The van der Waals surface area contributed by atoms with Gasteiger partial charge in [0.25, 0.3) is 0 Å². The standard InChI is InChI=1S/C24H30N8O2/c1-16-13-30(9-10-31(16)23(33)34-24(2,3)4)21-20-18(29(5)6)14-32(22(20)28-15-27-21)19-11-17(12-25)7-8-26-19/h7-8,11,14-16H,9-10,13H2,1-6H3. The molecule has 1 unspecified atom stereocenters. The number of fused-ring (bicyclic) bond motifs is 1. The number of nitrogens with zero attached hydrogens (tertiary/aromatic N) is 8. The minimum absolute atomic E-state index is 0.0486. The van der Waals surface area contributed by atoms with Crippen molar-refractivity contribution in [2.24, 2.45) is 0 Å². The lowest BCUT2D eigenvalue weighted by Crippen LogP contribution is -2.55. The van der Waals surface area contributed by atoms with E-state index in [1.54, 1.807) is 29.6 Å². The maximum atomic E-state index is 12.7. The molecular weight excluding hydrogens is 432 g/mol. The summed E-state index contributed by atoms with van der Waals surface area (Å²) in [6.07, 6.45) is 4.84. The van der Waals surface area contributed by atoms with Gasteiger partial charge in [-0.25, -0.2) is 19.7 Å². The molecule has 178 valence electrons. The van der Waals surface area contributed by atoms with Crippen molar-refractivity contribution in [3.05, 3.63) is 36.4 Å². The minimum atomic E-state index is -0.535. The lowest BCUT2D eigenvalue weighted by atomic mass is 10.1. The average molecular weight is 463 g/mol. The van der Waals surface area contributed by atoms with E-state index in [1.807, 2.05) is 57.5 Å². The van der Waals surface area contributed by atoms with Crippen molar-refractivity contribution in [3.63, 3.8) is 0 Å². The van der Waals surface area contributed by atoms with E-state index in [0.717, 1.165) is 16.9 Å². The normalized spacial score (nSPS) is 16.4. The first-order valence-electron chi connectivity index (χ1n) is 11.2. The fourth-order valence-corrected chi connectivity index (χ4v) is 4.14. The van der Waals surface area contributed by atoms with E-state index in [1.165, 1.54) is 0 Å². The molecule has 0 aliphatic carbocycles. The van der Waals surface area contributed by atoms with Crippen LogP contribution in [0.2, 0.25) is 0 Å². The van der Waals surface area contributed by atoms with Crippen molar-refractivity contribution in [3.8, 4) is 11.9 Å². The third kappa shape index (κ3) is 4.46. The van der Waals surface area contributed by atoms with Crippen LogP contribution in [0.1, 0.15) is 33.3 Å². The van der Waals surface area contributed by atoms with Gasteiger partial charge in [-0.3, -0.25) is 4.57 Å². The molecule has 0 N–H and O–H groups in total. The Morgan fingerprint density at radius 2 is 2.00 bits per heavy atom. The van der Waals surface area contributed by atoms with Gasteiger partial charge in [-0.15, -0.1) is 0 Å². The molecule has 1 saturated heterocycles. The van der Waals surface area contributed by atoms with Crippen molar-refractivity contribution in [1.82, 2.24) is 24.4 Å². The van der Waals surface area contributed by atoms with Crippen LogP contribution < -0.4 is 9.80 Å². The third-order valence-corrected chi connectivity index (χ3v) is 5.70. The van der Waals surface area contributed by atoms with Gasteiger partial charge in [-0.1, -0.05) is 0 Å². The summed E-state index contributed by atoms with van der Waals surface area (Å²) in [5.41, 5.74) is 1.64. The predicted molar refractivity (Wildman–Crippen MR) is 130 cm³/mol. The van der Waals surface area contributed by atoms with Gasteiger partial charge in [-0.2, -0.15) is 5.26 Å². The fraction of sp³-hybridized carbons (Fsp3) is 0.458. The zero-order valence-electron chi connectivity index (χ0n) is 20.5. The van der Waals surface area contributed by atoms with Gasteiger partial charge in [0, 0.05) is 52.2 Å². The summed E-state index contributed by atoms with van der Waals surface area (Å²) in [7, 11) is 3.94. The Labute approximate surface area is 199 Å². The van der Waals surface area contributed by atoms with E-state index in [4.69, 9.17) is 4.74 Å². The zero-order valence-corrected chi connectivity index (χ0v) is 20.5. The first-order valence-corrected chi connectivity index (χ1v) is 11.2. The molecule has 1 fully saturated rings. The molecule has 1 amide bonds. The van der Waals surface area contributed by atoms with Crippen LogP contribution in [0.15, 0.2) is 30.9 Å². The molecule has 3 aromatic rings. The van der Waals surface area contributed by atoms with Gasteiger partial charge in [0.1, 0.15) is 23.6 Å². The number of hydrogen-bond acceptors (Lipinski definition) is 8. The van der Waals surface area contributed by atoms with Crippen LogP contribution in [0, 0.1) is 11.3 Å². The summed E-state index contributed by atoms with van der Waals surface area (Å²) in [6.45, 7) is 9.41. The highest BCUT2D eigenvalue weighted by molar-refractivity contribution is 6.00. The molecule has 0 bridgehead atoms. The zero-order chi connectivity index (χ0) is 24.6. The summed E-state index contributed by atoms with van der Waals surface area (Å²) in [5, 5.41) is 10.2. The summed E-state index contributed by atoms with van der Waals surface area (Å²) >= 11 is 0. The number of ether oxygens (including phenoxy) is 1. The molecule has 0 saturated carbocycles. The van der Waals surface area contributed by atoms with Gasteiger partial charge in [0.15, 0.2) is 5.65 Å². The molecule has 10 heteroatoms. The summed E-state index contributed by atoms with van der Waals surface area (Å²) in [4.78, 5) is 32.3. The highest BCUT2D eigenvalue weighted by atomic mass is 16.6. The maximum Gasteiger partial charge on any atom is 0.410 e. The van der Waals surface area contributed by atoms with Crippen LogP contribution in [0.5, 0.6) is 0 Å². The molecule has 3 aromatic heterocycles. The van der Waals surface area contributed by atoms with Crippen molar-refractivity contribution >= 4 is 28.6 Å². The van der Waals surface area contributed by atoms with Crippen LogP contribution >= 0.6 is 0 Å². The lowest BCUT2D eigenvalue weighted by molar-refractivity contribution is 0.0159. The van der Waals surface area contributed by atoms with Crippen molar-refractivity contribution in [2.45, 2.75) is 39.3 Å². The molecule has 0 aromatic carbocycles. The number of aromatic nitrogens is 4. The second kappa shape index (κ2) is 8.82. The van der Waals surface area contributed by atoms with E-state index in [-0.39, 0.29) is 12.1 Å². The number of anilines is 2. The Hall–Kier alpha value is -3.87. The van der Waals surface area contributed by atoms with Crippen molar-refractivity contribution in [2.75, 3.05) is 43.5 Å². The van der Waals surface area contributed by atoms with Gasteiger partial charge >= 0.3 is 6.09 Å². The highest BCUT2D eigenvalue weighted by Crippen LogP contribution is 2.36. The third-order valence-electron chi connectivity index (χ3n) is 5.70. The monoisotopic (exact) mass is 462 g/mol. The Morgan fingerprint density at radius 1 is 1.24 bits per heavy atom. The molecule has 1 aliphatic rings. The largest absolute Gasteiger partial charge is 0.444 e. The van der Waals surface area contributed by atoms with E-state index >= 15 is 0 Å². The second-order valence-corrected chi connectivity index (χ2v) is 9.66. The van der Waals surface area contributed by atoms with Gasteiger partial charge in [0.05, 0.1) is 22.7 Å². The number of carbonyl (C=O) groups is 1. The number of carbonyl (C=O) groups excluding carboxylic acids is 1. The molecule has 10 nitrogen and oxygen atoms in total. The fourth-order valence-electron chi connectivity index (χ4n) is 4.14. The molecule has 4 rings (SSSR count). The minimum Gasteiger partial charge on any atom is -0.444 e. The molecular formula is C24H30N8O2. The maximum absolute atomic E-state index is 12.7. The Balaban J connectivity index is 1.71. The molecule has 0 radical (unpaired) electrons. The number of rotatable bonds is 3. The summed E-state index contributed by atoms with van der Waals surface area (Å²) in [6, 6.07) is 5.53. The molecule has 4 heterocycles. The van der Waals surface area contributed by atoms with Gasteiger partial charge in [0.2, 0.25) is 0 Å². The van der Waals surface area contributed by atoms with E-state index in [9.17, 15) is 10.1 Å². The summed E-state index contributed by atoms with van der Waals surface area (Å²) < 4.78 is 7.47. The van der Waals surface area contributed by atoms with E-state index < -0.39 is 5.60 Å². The van der Waals surface area contributed by atoms with Gasteiger partial charge < -0.3 is 19.4 Å². The topological polar surface area (TPSA) is 103 Å². The number of pyridine rings is 1. The second-order valence-electron chi connectivity index (χ2n) is 9.66. The number of hydrogen-bond donors (Lipinski definition) is 0. The predicted octanol–water partition coefficient (Wildman–Crippen LogP) is 3.20. The quantitative estimate of drug-likeness (QED) is 0.585. The first kappa shape index (κ1) is 23.3. The van der Waals surface area contributed by atoms with E-state index in [0.29, 0.717) is 36.7 Å². The molecule has 1 aliphatic heterocycles. The van der Waals surface area contributed by atoms with Crippen molar-refractivity contribution in [1.29, 1.82) is 5.26 Å². The van der Waals surface area contributed by atoms with Crippen LogP contribution in [0.25, 0.3) is 16.9 Å². The number of nitriles is 1. The van der Waals surface area contributed by atoms with Crippen LogP contribution in [0.3, 0.4) is 0 Å². The first-order chi connectivity index (χ1) is 16.1. The average Bonchev–Trinajstić information content (AvgIpc) is 3.18. The molecule has 1 atom stereocenters. The summed E-state index contributed by atoms with van der Waals surface area (Å²) in [5.74, 6) is 1.42. The van der Waals surface area contributed by atoms with Gasteiger partial charge in [-0.05, 0) is 39.8 Å². The van der Waals surface area contributed by atoms with Crippen LogP contribution in [0.4, 0.5) is 16.3 Å². The van der Waals surface area contributed by atoms with Crippen molar-refractivity contribution < 1.29 is 9.53 Å². The lowest BCUT2D eigenvalue weighted by Gasteiger charge is -2.40. The molecule has 0 spiro atoms. The highest BCUT2D eigenvalue weighted by Gasteiger charge is 2.32. The van der Waals surface area contributed by atoms with Crippen LogP contribution in [-0.4, -0.2) is 75.9 Å². The Kier molecular flexibility index (Phi) is 6.04.